The smallest absolute Gasteiger partial charge is 0.184 e. The van der Waals surface area contributed by atoms with E-state index in [2.05, 4.69) is 13.2 Å². The van der Waals surface area contributed by atoms with E-state index in [1.54, 1.807) is 0 Å². The van der Waals surface area contributed by atoms with Crippen molar-refractivity contribution in [3.05, 3.63) is 60.2 Å². The number of rotatable bonds is 6. The summed E-state index contributed by atoms with van der Waals surface area (Å²) in [5, 5.41) is 0. The maximum absolute atomic E-state index is 10.8. The molecular weight excluding hydrogens is 264 g/mol. The third-order valence-corrected chi connectivity index (χ3v) is 3.81. The predicted molar refractivity (Wildman–Crippen MR) is 82.8 cm³/mol. The van der Waals surface area contributed by atoms with Gasteiger partial charge in [-0.15, -0.1) is 0 Å². The van der Waals surface area contributed by atoms with Gasteiger partial charge in [-0.3, -0.25) is 0 Å². The highest BCUT2D eigenvalue weighted by Gasteiger charge is 2.29. The third kappa shape index (κ3) is 4.13. The first-order valence-corrected chi connectivity index (χ1v) is 7.20. The van der Waals surface area contributed by atoms with Crippen LogP contribution in [0.4, 0.5) is 0 Å². The highest BCUT2D eigenvalue weighted by Crippen LogP contribution is 2.32. The summed E-state index contributed by atoms with van der Waals surface area (Å²) in [6.07, 6.45) is 1.66. The number of hydrogen-bond acceptors (Lipinski definition) is 3. The largest absolute Gasteiger partial charge is 0.344 e. The molecule has 1 aliphatic heterocycles. The van der Waals surface area contributed by atoms with Crippen molar-refractivity contribution < 1.29 is 14.3 Å². The molecule has 3 atom stereocenters. The molecule has 1 aliphatic rings. The Balaban J connectivity index is 2.06. The highest BCUT2D eigenvalue weighted by atomic mass is 16.7. The first kappa shape index (κ1) is 15.7. The third-order valence-electron chi connectivity index (χ3n) is 3.81. The second-order valence-electron chi connectivity index (χ2n) is 5.52. The van der Waals surface area contributed by atoms with E-state index in [0.717, 1.165) is 29.4 Å². The Bertz CT molecular complexity index is 506. The van der Waals surface area contributed by atoms with Gasteiger partial charge >= 0.3 is 0 Å². The zero-order valence-electron chi connectivity index (χ0n) is 12.5. The van der Waals surface area contributed by atoms with E-state index in [1.807, 2.05) is 37.3 Å². The number of allylic oxidation sites excluding steroid dienone is 1. The fourth-order valence-corrected chi connectivity index (χ4v) is 2.44. The lowest BCUT2D eigenvalue weighted by atomic mass is 9.90. The predicted octanol–water partition coefficient (Wildman–Crippen LogP) is 3.83. The standard InChI is InChI=1S/C18H22O3/c1-13(2)16(9-10-19)11-17-14(3)12-20-18(21-17)15-7-5-4-6-8-15/h4-8,10,16-18H,1,3,9,11-12H2,2H3/t16-,17?,18?/m0/s1. The van der Waals surface area contributed by atoms with E-state index < -0.39 is 0 Å². The first-order valence-electron chi connectivity index (χ1n) is 7.20. The molecule has 0 bridgehead atoms. The second kappa shape index (κ2) is 7.34. The molecular formula is C18H22O3. The molecule has 1 aromatic carbocycles. The van der Waals surface area contributed by atoms with Gasteiger partial charge in [-0.1, -0.05) is 49.1 Å². The molecule has 1 fully saturated rings. The van der Waals surface area contributed by atoms with Gasteiger partial charge in [0, 0.05) is 12.0 Å². The van der Waals surface area contributed by atoms with Crippen LogP contribution in [0.15, 0.2) is 54.6 Å². The van der Waals surface area contributed by atoms with Crippen molar-refractivity contribution in [1.82, 2.24) is 0 Å². The van der Waals surface area contributed by atoms with Crippen molar-refractivity contribution in [2.75, 3.05) is 6.61 Å². The van der Waals surface area contributed by atoms with E-state index >= 15 is 0 Å². The summed E-state index contributed by atoms with van der Waals surface area (Å²) in [6, 6.07) is 9.85. The fraction of sp³-hybridized carbons (Fsp3) is 0.389. The monoisotopic (exact) mass is 286 g/mol. The SMILES string of the molecule is C=C1COC(c2ccccc2)OC1C[C@H](CC=O)C(=C)C. The summed E-state index contributed by atoms with van der Waals surface area (Å²) in [5.74, 6) is 0.124. The lowest BCUT2D eigenvalue weighted by Gasteiger charge is -2.34. The van der Waals surface area contributed by atoms with Crippen LogP contribution >= 0.6 is 0 Å². The van der Waals surface area contributed by atoms with Crippen molar-refractivity contribution in [2.45, 2.75) is 32.2 Å². The Labute approximate surface area is 126 Å². The molecule has 3 heteroatoms. The van der Waals surface area contributed by atoms with E-state index in [4.69, 9.17) is 9.47 Å². The normalized spacial score (nSPS) is 23.6. The Hall–Kier alpha value is -1.71. The fourth-order valence-electron chi connectivity index (χ4n) is 2.44. The van der Waals surface area contributed by atoms with Gasteiger partial charge in [0.15, 0.2) is 6.29 Å². The topological polar surface area (TPSA) is 35.5 Å². The Kier molecular flexibility index (Phi) is 5.48. The summed E-state index contributed by atoms with van der Waals surface area (Å²) in [4.78, 5) is 10.8. The molecule has 2 rings (SSSR count). The van der Waals surface area contributed by atoms with Crippen LogP contribution in [-0.2, 0) is 14.3 Å². The molecule has 0 radical (unpaired) electrons. The van der Waals surface area contributed by atoms with Crippen molar-refractivity contribution in [3.8, 4) is 0 Å². The quantitative estimate of drug-likeness (QED) is 0.589. The molecule has 112 valence electrons. The average molecular weight is 286 g/mol. The molecule has 1 saturated heterocycles. The van der Waals surface area contributed by atoms with E-state index in [1.165, 1.54) is 0 Å². The molecule has 0 amide bonds. The van der Waals surface area contributed by atoms with Gasteiger partial charge in [0.25, 0.3) is 0 Å². The van der Waals surface area contributed by atoms with E-state index in [-0.39, 0.29) is 18.3 Å². The van der Waals surface area contributed by atoms with Crippen molar-refractivity contribution in [2.24, 2.45) is 5.92 Å². The number of hydrogen-bond donors (Lipinski definition) is 0. The van der Waals surface area contributed by atoms with Gasteiger partial charge in [-0.2, -0.15) is 0 Å². The number of carbonyl (C=O) groups is 1. The zero-order chi connectivity index (χ0) is 15.2. The maximum Gasteiger partial charge on any atom is 0.184 e. The van der Waals surface area contributed by atoms with Gasteiger partial charge < -0.3 is 14.3 Å². The van der Waals surface area contributed by atoms with Crippen LogP contribution in [-0.4, -0.2) is 19.0 Å². The Morgan fingerprint density at radius 1 is 1.43 bits per heavy atom. The van der Waals surface area contributed by atoms with Gasteiger partial charge in [0.05, 0.1) is 12.7 Å². The zero-order valence-corrected chi connectivity index (χ0v) is 12.5. The molecule has 3 nitrogen and oxygen atoms in total. The van der Waals surface area contributed by atoms with Gasteiger partial charge in [0.1, 0.15) is 6.29 Å². The van der Waals surface area contributed by atoms with Crippen molar-refractivity contribution in [3.63, 3.8) is 0 Å². The molecule has 0 N–H and O–H groups in total. The molecule has 0 saturated carbocycles. The lowest BCUT2D eigenvalue weighted by Crippen LogP contribution is -2.31. The van der Waals surface area contributed by atoms with Gasteiger partial charge in [0.2, 0.25) is 0 Å². The lowest BCUT2D eigenvalue weighted by molar-refractivity contribution is -0.194. The second-order valence-corrected chi connectivity index (χ2v) is 5.52. The maximum atomic E-state index is 10.8. The van der Waals surface area contributed by atoms with Crippen LogP contribution in [0, 0.1) is 5.92 Å². The number of aldehydes is 1. The van der Waals surface area contributed by atoms with E-state index in [0.29, 0.717) is 13.0 Å². The number of benzene rings is 1. The van der Waals surface area contributed by atoms with Crippen molar-refractivity contribution >= 4 is 6.29 Å². The van der Waals surface area contributed by atoms with Crippen LogP contribution in [0.2, 0.25) is 0 Å². The van der Waals surface area contributed by atoms with Crippen molar-refractivity contribution in [1.29, 1.82) is 0 Å². The molecule has 1 aromatic rings. The van der Waals surface area contributed by atoms with Crippen LogP contribution < -0.4 is 0 Å². The molecule has 0 aliphatic carbocycles. The minimum atomic E-state index is -0.372. The van der Waals surface area contributed by atoms with Crippen LogP contribution in [0.1, 0.15) is 31.6 Å². The van der Waals surface area contributed by atoms with Crippen LogP contribution in [0.3, 0.4) is 0 Å². The summed E-state index contributed by atoms with van der Waals surface area (Å²) in [5.41, 5.74) is 2.91. The molecule has 1 heterocycles. The van der Waals surface area contributed by atoms with E-state index in [9.17, 15) is 4.79 Å². The summed E-state index contributed by atoms with van der Waals surface area (Å²) >= 11 is 0. The molecule has 21 heavy (non-hydrogen) atoms. The minimum absolute atomic E-state index is 0.106. The Morgan fingerprint density at radius 3 is 2.76 bits per heavy atom. The minimum Gasteiger partial charge on any atom is -0.344 e. The van der Waals surface area contributed by atoms with Gasteiger partial charge in [-0.25, -0.2) is 0 Å². The summed E-state index contributed by atoms with van der Waals surface area (Å²) < 4.78 is 11.7. The molecule has 2 unspecified atom stereocenters. The molecule has 0 aromatic heterocycles. The van der Waals surface area contributed by atoms with Crippen LogP contribution in [0.5, 0.6) is 0 Å². The average Bonchev–Trinajstić information content (AvgIpc) is 2.49. The Morgan fingerprint density at radius 2 is 2.14 bits per heavy atom. The van der Waals surface area contributed by atoms with Crippen LogP contribution in [0.25, 0.3) is 0 Å². The summed E-state index contributed by atoms with van der Waals surface area (Å²) in [6.45, 7) is 10.4. The molecule has 0 spiro atoms. The highest BCUT2D eigenvalue weighted by molar-refractivity contribution is 5.50. The number of ether oxygens (including phenoxy) is 2. The van der Waals surface area contributed by atoms with Gasteiger partial charge in [-0.05, 0) is 24.8 Å². The summed E-state index contributed by atoms with van der Waals surface area (Å²) in [7, 11) is 0. The number of carbonyl (C=O) groups excluding carboxylic acids is 1. The first-order chi connectivity index (χ1) is 10.1.